The van der Waals surface area contributed by atoms with Crippen molar-refractivity contribution in [3.63, 3.8) is 0 Å². The van der Waals surface area contributed by atoms with E-state index >= 15 is 0 Å². The van der Waals surface area contributed by atoms with E-state index in [1.54, 1.807) is 7.11 Å². The van der Waals surface area contributed by atoms with E-state index in [0.717, 1.165) is 71.0 Å². The number of piperidine rings is 1. The van der Waals surface area contributed by atoms with Crippen molar-refractivity contribution in [3.05, 3.63) is 0 Å². The fraction of sp³-hybridized carbons (Fsp3) is 0.913. The largest absolute Gasteiger partial charge is 0.444 e. The zero-order valence-electron chi connectivity index (χ0n) is 20.3. The van der Waals surface area contributed by atoms with Gasteiger partial charge in [-0.2, -0.15) is 0 Å². The Hall–Kier alpha value is -0.770. The van der Waals surface area contributed by atoms with Gasteiger partial charge in [-0.05, 0) is 77.6 Å². The molecule has 31 heavy (non-hydrogen) atoms. The fourth-order valence-electron chi connectivity index (χ4n) is 4.26. The molecule has 0 aromatic carbocycles. The number of carbonyl (C=O) groups is 1. The van der Waals surface area contributed by atoms with Crippen molar-refractivity contribution < 1.29 is 14.3 Å². The summed E-state index contributed by atoms with van der Waals surface area (Å²) in [6.45, 7) is 12.8. The lowest BCUT2D eigenvalue weighted by Gasteiger charge is -2.40. The molecule has 1 aliphatic carbocycles. The highest BCUT2D eigenvalue weighted by Crippen LogP contribution is 2.44. The highest BCUT2D eigenvalue weighted by molar-refractivity contribution is 14.0. The fourth-order valence-corrected chi connectivity index (χ4v) is 4.26. The maximum Gasteiger partial charge on any atom is 0.410 e. The number of rotatable bonds is 9. The smallest absolute Gasteiger partial charge is 0.410 e. The number of nitrogens with one attached hydrogen (secondary N) is 2. The van der Waals surface area contributed by atoms with Gasteiger partial charge in [-0.3, -0.25) is 4.99 Å². The molecule has 0 bridgehead atoms. The lowest BCUT2D eigenvalue weighted by Crippen LogP contribution is -2.44. The van der Waals surface area contributed by atoms with Gasteiger partial charge in [0.1, 0.15) is 5.60 Å². The summed E-state index contributed by atoms with van der Waals surface area (Å²) in [7, 11) is 1.77. The molecular weight excluding hydrogens is 507 g/mol. The summed E-state index contributed by atoms with van der Waals surface area (Å²) in [6.07, 6.45) is 7.95. The predicted octanol–water partition coefficient (Wildman–Crippen LogP) is 4.40. The monoisotopic (exact) mass is 552 g/mol. The van der Waals surface area contributed by atoms with Gasteiger partial charge in [0.2, 0.25) is 0 Å². The Morgan fingerprint density at radius 1 is 1.23 bits per heavy atom. The van der Waals surface area contributed by atoms with Gasteiger partial charge in [-0.15, -0.1) is 24.0 Å². The molecule has 1 atom stereocenters. The van der Waals surface area contributed by atoms with Crippen LogP contribution in [0.15, 0.2) is 4.99 Å². The number of guanidine groups is 1. The predicted molar refractivity (Wildman–Crippen MR) is 137 cm³/mol. The van der Waals surface area contributed by atoms with Crippen LogP contribution >= 0.6 is 24.0 Å². The van der Waals surface area contributed by atoms with Gasteiger partial charge >= 0.3 is 6.09 Å². The molecule has 0 aromatic heterocycles. The number of methoxy groups -OCH3 is 1. The first-order valence-corrected chi connectivity index (χ1v) is 11.8. The van der Waals surface area contributed by atoms with Crippen LogP contribution < -0.4 is 10.6 Å². The van der Waals surface area contributed by atoms with Gasteiger partial charge in [-0.25, -0.2) is 4.79 Å². The maximum atomic E-state index is 12.4. The van der Waals surface area contributed by atoms with E-state index in [2.05, 4.69) is 17.6 Å². The summed E-state index contributed by atoms with van der Waals surface area (Å²) >= 11 is 0. The van der Waals surface area contributed by atoms with Gasteiger partial charge in [-0.1, -0.05) is 6.42 Å². The summed E-state index contributed by atoms with van der Waals surface area (Å²) in [5.74, 6) is 1.40. The molecule has 1 amide bonds. The van der Waals surface area contributed by atoms with E-state index in [1.165, 1.54) is 19.3 Å². The third-order valence-electron chi connectivity index (χ3n) is 6.18. The average molecular weight is 553 g/mol. The van der Waals surface area contributed by atoms with Gasteiger partial charge in [0.05, 0.1) is 0 Å². The Bertz CT molecular complexity index is 562. The molecular formula is C23H45IN4O3. The van der Waals surface area contributed by atoms with Crippen LogP contribution in [0.1, 0.15) is 72.6 Å². The first kappa shape index (κ1) is 28.3. The quantitative estimate of drug-likeness (QED) is 0.252. The van der Waals surface area contributed by atoms with Gasteiger partial charge in [0, 0.05) is 46.4 Å². The summed E-state index contributed by atoms with van der Waals surface area (Å²) in [5, 5.41) is 6.87. The first-order valence-electron chi connectivity index (χ1n) is 11.8. The molecule has 2 aliphatic rings. The van der Waals surface area contributed by atoms with E-state index in [9.17, 15) is 4.79 Å². The van der Waals surface area contributed by atoms with Crippen LogP contribution in [0.3, 0.4) is 0 Å². The third kappa shape index (κ3) is 10.1. The number of likely N-dealkylation sites (tertiary alicyclic amines) is 1. The number of hydrogen-bond acceptors (Lipinski definition) is 4. The summed E-state index contributed by atoms with van der Waals surface area (Å²) in [6, 6.07) is 0. The summed E-state index contributed by atoms with van der Waals surface area (Å²) in [5.41, 5.74) is -0.112. The Kier molecular flexibility index (Phi) is 12.5. The van der Waals surface area contributed by atoms with Crippen molar-refractivity contribution in [2.45, 2.75) is 78.2 Å². The Balaban J connectivity index is 0.00000480. The maximum absolute atomic E-state index is 12.4. The summed E-state index contributed by atoms with van der Waals surface area (Å²) in [4.78, 5) is 19.1. The van der Waals surface area contributed by atoms with Gasteiger partial charge in [0.15, 0.2) is 5.96 Å². The van der Waals surface area contributed by atoms with Crippen LogP contribution in [0.5, 0.6) is 0 Å². The standard InChI is InChI=1S/C23H44N4O3.HI/c1-6-24-20(26-18-23(11-8-12-23)13-16-29-5)25-14-10-19-9-7-15-27(17-19)21(28)30-22(2,3)4;/h19H,6-18H2,1-5H3,(H2,24,25,26);1H. The number of amides is 1. The van der Waals surface area contributed by atoms with Crippen LogP contribution in [0.4, 0.5) is 4.79 Å². The van der Waals surface area contributed by atoms with Gasteiger partial charge < -0.3 is 25.0 Å². The Morgan fingerprint density at radius 2 is 1.97 bits per heavy atom. The number of hydrogen-bond donors (Lipinski definition) is 2. The Labute approximate surface area is 206 Å². The molecule has 2 fully saturated rings. The lowest BCUT2D eigenvalue weighted by molar-refractivity contribution is 0.0162. The Morgan fingerprint density at radius 3 is 2.55 bits per heavy atom. The molecule has 1 saturated carbocycles. The van der Waals surface area contributed by atoms with Crippen molar-refractivity contribution in [1.29, 1.82) is 0 Å². The molecule has 182 valence electrons. The minimum absolute atomic E-state index is 0. The highest BCUT2D eigenvalue weighted by atomic mass is 127. The molecule has 7 nitrogen and oxygen atoms in total. The van der Waals surface area contributed by atoms with E-state index in [-0.39, 0.29) is 30.1 Å². The number of nitrogens with zero attached hydrogens (tertiary/aromatic N) is 2. The second-order valence-corrected chi connectivity index (χ2v) is 9.94. The number of aliphatic imine (C=N–C) groups is 1. The molecule has 8 heteroatoms. The van der Waals surface area contributed by atoms with Crippen LogP contribution in [0, 0.1) is 11.3 Å². The third-order valence-corrected chi connectivity index (χ3v) is 6.18. The minimum atomic E-state index is -0.441. The van der Waals surface area contributed by atoms with Crippen molar-refractivity contribution >= 4 is 36.0 Å². The topological polar surface area (TPSA) is 75.2 Å². The molecule has 1 heterocycles. The molecule has 2 rings (SSSR count). The van der Waals surface area contributed by atoms with Crippen molar-refractivity contribution in [1.82, 2.24) is 15.5 Å². The highest BCUT2D eigenvalue weighted by Gasteiger charge is 2.36. The molecule has 1 unspecified atom stereocenters. The van der Waals surface area contributed by atoms with Crippen LogP contribution in [-0.2, 0) is 9.47 Å². The van der Waals surface area contributed by atoms with E-state index < -0.39 is 5.60 Å². The van der Waals surface area contributed by atoms with Crippen molar-refractivity contribution in [3.8, 4) is 0 Å². The van der Waals surface area contributed by atoms with E-state index in [0.29, 0.717) is 11.3 Å². The van der Waals surface area contributed by atoms with Gasteiger partial charge in [0.25, 0.3) is 0 Å². The molecule has 0 radical (unpaired) electrons. The summed E-state index contributed by atoms with van der Waals surface area (Å²) < 4.78 is 10.8. The lowest BCUT2D eigenvalue weighted by atomic mass is 9.67. The normalized spacial score (nSPS) is 21.0. The number of carbonyl (C=O) groups excluding carboxylic acids is 1. The second-order valence-electron chi connectivity index (χ2n) is 9.94. The van der Waals surface area contributed by atoms with E-state index in [1.807, 2.05) is 25.7 Å². The first-order chi connectivity index (χ1) is 14.3. The molecule has 0 spiro atoms. The van der Waals surface area contributed by atoms with E-state index in [4.69, 9.17) is 14.5 Å². The zero-order valence-corrected chi connectivity index (χ0v) is 22.6. The SMILES string of the molecule is CCNC(=NCC1(CCOC)CCC1)NCCC1CCCN(C(=O)OC(C)(C)C)C1.I. The van der Waals surface area contributed by atoms with Crippen molar-refractivity contribution in [2.75, 3.05) is 46.4 Å². The number of halogens is 1. The minimum Gasteiger partial charge on any atom is -0.444 e. The van der Waals surface area contributed by atoms with Crippen LogP contribution in [0.25, 0.3) is 0 Å². The second kappa shape index (κ2) is 13.7. The molecule has 1 aliphatic heterocycles. The molecule has 2 N–H and O–H groups in total. The van der Waals surface area contributed by atoms with Crippen LogP contribution in [0.2, 0.25) is 0 Å². The van der Waals surface area contributed by atoms with Crippen LogP contribution in [-0.4, -0.2) is 69.0 Å². The number of ether oxygens (including phenoxy) is 2. The average Bonchev–Trinajstić information content (AvgIpc) is 2.65. The van der Waals surface area contributed by atoms with Crippen molar-refractivity contribution in [2.24, 2.45) is 16.3 Å². The zero-order chi connectivity index (χ0) is 22.0. The molecule has 0 aromatic rings. The molecule has 1 saturated heterocycles.